The molecule has 0 fully saturated rings. The number of halogens is 1. The molecule has 2 aromatic rings. The number of aromatic nitrogens is 1. The van der Waals surface area contributed by atoms with E-state index in [2.05, 4.69) is 10.3 Å². The number of ether oxygens (including phenoxy) is 1. The van der Waals surface area contributed by atoms with E-state index in [0.717, 1.165) is 17.8 Å². The van der Waals surface area contributed by atoms with Gasteiger partial charge in [-0.2, -0.15) is 0 Å². The standard InChI is InChI=1S/C16H17FN2O4S/c1-2-3-14-18-9-13(24-14)15(20)19-8-12(16(21)22)23-11-6-4-10(17)5-7-11/h4-7,9,12H,2-3,8H2,1H3,(H,19,20)(H,21,22). The van der Waals surface area contributed by atoms with Crippen LogP contribution < -0.4 is 10.1 Å². The molecule has 6 nitrogen and oxygen atoms in total. The number of hydrogen-bond acceptors (Lipinski definition) is 5. The van der Waals surface area contributed by atoms with Crippen LogP contribution in [0.2, 0.25) is 0 Å². The fraction of sp³-hybridized carbons (Fsp3) is 0.312. The summed E-state index contributed by atoms with van der Waals surface area (Å²) >= 11 is 1.28. The number of thiazole rings is 1. The Morgan fingerprint density at radius 1 is 1.38 bits per heavy atom. The number of aliphatic carboxylic acids is 1. The molecule has 0 saturated heterocycles. The second-order valence-corrected chi connectivity index (χ2v) is 6.09. The molecule has 24 heavy (non-hydrogen) atoms. The highest BCUT2D eigenvalue weighted by molar-refractivity contribution is 7.13. The third kappa shape index (κ3) is 5.02. The molecule has 0 aliphatic carbocycles. The van der Waals surface area contributed by atoms with Crippen LogP contribution in [0, 0.1) is 5.82 Å². The zero-order valence-corrected chi connectivity index (χ0v) is 13.8. The van der Waals surface area contributed by atoms with Crippen molar-refractivity contribution in [1.82, 2.24) is 10.3 Å². The Morgan fingerprint density at radius 2 is 2.08 bits per heavy atom. The number of hydrogen-bond donors (Lipinski definition) is 2. The highest BCUT2D eigenvalue weighted by Gasteiger charge is 2.21. The molecule has 1 amide bonds. The summed E-state index contributed by atoms with van der Waals surface area (Å²) < 4.78 is 18.1. The Balaban J connectivity index is 1.93. The van der Waals surface area contributed by atoms with Crippen molar-refractivity contribution in [3.63, 3.8) is 0 Å². The summed E-state index contributed by atoms with van der Waals surface area (Å²) in [6.07, 6.45) is 1.93. The van der Waals surface area contributed by atoms with E-state index in [-0.39, 0.29) is 12.3 Å². The van der Waals surface area contributed by atoms with Crippen molar-refractivity contribution in [3.8, 4) is 5.75 Å². The zero-order valence-electron chi connectivity index (χ0n) is 13.0. The van der Waals surface area contributed by atoms with Crippen LogP contribution in [0.4, 0.5) is 4.39 Å². The summed E-state index contributed by atoms with van der Waals surface area (Å²) in [5.74, 6) is -1.86. The number of aryl methyl sites for hydroxylation is 1. The number of nitrogens with one attached hydrogen (secondary N) is 1. The van der Waals surface area contributed by atoms with Crippen LogP contribution in [-0.2, 0) is 11.2 Å². The highest BCUT2D eigenvalue weighted by atomic mass is 32.1. The lowest BCUT2D eigenvalue weighted by molar-refractivity contribution is -0.144. The van der Waals surface area contributed by atoms with E-state index in [9.17, 15) is 19.1 Å². The van der Waals surface area contributed by atoms with E-state index < -0.39 is 23.8 Å². The molecule has 2 rings (SSSR count). The van der Waals surface area contributed by atoms with E-state index in [1.165, 1.54) is 41.8 Å². The van der Waals surface area contributed by atoms with E-state index in [1.54, 1.807) is 0 Å². The van der Waals surface area contributed by atoms with Crippen molar-refractivity contribution in [1.29, 1.82) is 0 Å². The van der Waals surface area contributed by atoms with E-state index in [0.29, 0.717) is 4.88 Å². The molecule has 0 bridgehead atoms. The molecular formula is C16H17FN2O4S. The van der Waals surface area contributed by atoms with Gasteiger partial charge >= 0.3 is 5.97 Å². The van der Waals surface area contributed by atoms with Crippen molar-refractivity contribution in [3.05, 3.63) is 46.2 Å². The predicted molar refractivity (Wildman–Crippen MR) is 86.9 cm³/mol. The summed E-state index contributed by atoms with van der Waals surface area (Å²) in [5.41, 5.74) is 0. The Kier molecular flexibility index (Phi) is 6.25. The minimum absolute atomic E-state index is 0.209. The first kappa shape index (κ1) is 17.9. The van der Waals surface area contributed by atoms with Crippen molar-refractivity contribution < 1.29 is 23.8 Å². The van der Waals surface area contributed by atoms with Gasteiger partial charge in [0.1, 0.15) is 16.4 Å². The summed E-state index contributed by atoms with van der Waals surface area (Å²) in [6.45, 7) is 1.80. The third-order valence-corrected chi connectivity index (χ3v) is 4.11. The van der Waals surface area contributed by atoms with Crippen LogP contribution in [0.15, 0.2) is 30.5 Å². The second-order valence-electron chi connectivity index (χ2n) is 4.98. The van der Waals surface area contributed by atoms with Crippen molar-refractivity contribution >= 4 is 23.2 Å². The molecule has 1 heterocycles. The van der Waals surface area contributed by atoms with Crippen molar-refractivity contribution in [2.24, 2.45) is 0 Å². The number of carbonyl (C=O) groups is 2. The van der Waals surface area contributed by atoms with Gasteiger partial charge in [-0.25, -0.2) is 14.2 Å². The molecule has 1 aromatic carbocycles. The predicted octanol–water partition coefficient (Wildman–Crippen LogP) is 2.50. The Bertz CT molecular complexity index is 702. The van der Waals surface area contributed by atoms with Crippen LogP contribution >= 0.6 is 11.3 Å². The molecule has 2 N–H and O–H groups in total. The Labute approximate surface area is 142 Å². The number of carboxylic acids is 1. The molecule has 1 unspecified atom stereocenters. The summed E-state index contributed by atoms with van der Waals surface area (Å²) in [7, 11) is 0. The lowest BCUT2D eigenvalue weighted by Gasteiger charge is -2.15. The maximum absolute atomic E-state index is 12.8. The molecule has 0 saturated carbocycles. The van der Waals surface area contributed by atoms with Crippen molar-refractivity contribution in [2.45, 2.75) is 25.9 Å². The smallest absolute Gasteiger partial charge is 0.346 e. The van der Waals surface area contributed by atoms with Gasteiger partial charge in [0.2, 0.25) is 6.10 Å². The number of nitrogens with zero attached hydrogens (tertiary/aromatic N) is 1. The minimum Gasteiger partial charge on any atom is -0.478 e. The third-order valence-electron chi connectivity index (χ3n) is 3.06. The Hall–Kier alpha value is -2.48. The van der Waals surface area contributed by atoms with Gasteiger partial charge in [-0.15, -0.1) is 11.3 Å². The summed E-state index contributed by atoms with van der Waals surface area (Å²) in [6, 6.07) is 4.99. The van der Waals surface area contributed by atoms with E-state index in [4.69, 9.17) is 4.74 Å². The number of amides is 1. The van der Waals surface area contributed by atoms with Gasteiger partial charge < -0.3 is 15.2 Å². The van der Waals surface area contributed by atoms with Gasteiger partial charge in [-0.05, 0) is 37.1 Å². The van der Waals surface area contributed by atoms with E-state index in [1.807, 2.05) is 6.92 Å². The largest absolute Gasteiger partial charge is 0.478 e. The SMILES string of the molecule is CCCc1ncc(C(=O)NCC(Oc2ccc(F)cc2)C(=O)O)s1. The van der Waals surface area contributed by atoms with Crippen LogP contribution in [0.3, 0.4) is 0 Å². The average molecular weight is 352 g/mol. The van der Waals surface area contributed by atoms with Gasteiger partial charge in [0.15, 0.2) is 0 Å². The van der Waals surface area contributed by atoms with Crippen LogP contribution in [0.25, 0.3) is 0 Å². The van der Waals surface area contributed by atoms with Crippen LogP contribution in [0.5, 0.6) is 5.75 Å². The molecule has 128 valence electrons. The molecule has 0 aliphatic heterocycles. The quantitative estimate of drug-likeness (QED) is 0.762. The number of carbonyl (C=O) groups excluding carboxylic acids is 1. The van der Waals surface area contributed by atoms with Crippen LogP contribution in [0.1, 0.15) is 28.0 Å². The van der Waals surface area contributed by atoms with Gasteiger partial charge in [-0.1, -0.05) is 6.92 Å². The molecule has 0 aliphatic rings. The second kappa shape index (κ2) is 8.39. The lowest BCUT2D eigenvalue weighted by atomic mass is 10.3. The molecular weight excluding hydrogens is 335 g/mol. The van der Waals surface area contributed by atoms with Crippen LogP contribution in [-0.4, -0.2) is 34.6 Å². The first-order chi connectivity index (χ1) is 11.5. The molecule has 1 aromatic heterocycles. The summed E-state index contributed by atoms with van der Waals surface area (Å²) in [5, 5.41) is 12.6. The fourth-order valence-corrected chi connectivity index (χ4v) is 2.81. The number of benzene rings is 1. The first-order valence-corrected chi connectivity index (χ1v) is 8.19. The molecule has 0 spiro atoms. The lowest BCUT2D eigenvalue weighted by Crippen LogP contribution is -2.40. The zero-order chi connectivity index (χ0) is 17.5. The molecule has 1 atom stereocenters. The average Bonchev–Trinajstić information content (AvgIpc) is 3.02. The minimum atomic E-state index is -1.28. The van der Waals surface area contributed by atoms with E-state index >= 15 is 0 Å². The Morgan fingerprint density at radius 3 is 2.71 bits per heavy atom. The van der Waals surface area contributed by atoms with Crippen molar-refractivity contribution in [2.75, 3.05) is 6.54 Å². The van der Waals surface area contributed by atoms with Gasteiger partial charge in [0.25, 0.3) is 5.91 Å². The van der Waals surface area contributed by atoms with Gasteiger partial charge in [0, 0.05) is 0 Å². The number of carboxylic acid groups (broad SMARTS) is 1. The summed E-state index contributed by atoms with van der Waals surface area (Å²) in [4.78, 5) is 27.9. The molecule has 8 heteroatoms. The topological polar surface area (TPSA) is 88.5 Å². The normalized spacial score (nSPS) is 11.8. The maximum Gasteiger partial charge on any atom is 0.346 e. The number of rotatable bonds is 8. The van der Waals surface area contributed by atoms with Gasteiger partial charge in [0.05, 0.1) is 17.7 Å². The first-order valence-electron chi connectivity index (χ1n) is 7.37. The monoisotopic (exact) mass is 352 g/mol. The fourth-order valence-electron chi connectivity index (χ4n) is 1.87. The highest BCUT2D eigenvalue weighted by Crippen LogP contribution is 2.15. The molecule has 0 radical (unpaired) electrons. The maximum atomic E-state index is 12.8. The van der Waals surface area contributed by atoms with Gasteiger partial charge in [-0.3, -0.25) is 4.79 Å².